The van der Waals surface area contributed by atoms with Gasteiger partial charge in [0.15, 0.2) is 0 Å². The van der Waals surface area contributed by atoms with Crippen LogP contribution in [0, 0.1) is 5.41 Å². The third-order valence-electron chi connectivity index (χ3n) is 3.81. The number of carbonyl (C=O) groups is 1. The average molecular weight is 212 g/mol. The minimum Gasteiger partial charge on any atom is -0.389 e. The molecule has 1 atom stereocenters. The summed E-state index contributed by atoms with van der Waals surface area (Å²) in [5, 5.41) is 9.15. The Kier molecular flexibility index (Phi) is 2.63. The first-order chi connectivity index (χ1) is 7.04. The highest BCUT2D eigenvalue weighted by atomic mass is 16.3. The van der Waals surface area contributed by atoms with E-state index in [-0.39, 0.29) is 12.1 Å². The van der Waals surface area contributed by atoms with E-state index in [0.717, 1.165) is 25.9 Å². The Morgan fingerprint density at radius 2 is 2.13 bits per heavy atom. The van der Waals surface area contributed by atoms with Gasteiger partial charge in [-0.05, 0) is 18.3 Å². The molecule has 0 unspecified atom stereocenters. The number of likely N-dealkylation sites (tertiary alicyclic amines) is 2. The highest BCUT2D eigenvalue weighted by molar-refractivity contribution is 5.75. The second kappa shape index (κ2) is 3.67. The molecule has 0 bridgehead atoms. The van der Waals surface area contributed by atoms with Crippen LogP contribution in [0.1, 0.15) is 26.7 Å². The van der Waals surface area contributed by atoms with E-state index in [0.29, 0.717) is 18.5 Å². The van der Waals surface area contributed by atoms with Crippen LogP contribution in [-0.2, 0) is 0 Å². The SMILES string of the molecule is CC[C@]1(C)CCN(C(=O)N2CC(O)C2)C1. The number of rotatable bonds is 1. The largest absolute Gasteiger partial charge is 0.389 e. The number of amides is 2. The summed E-state index contributed by atoms with van der Waals surface area (Å²) >= 11 is 0. The lowest BCUT2D eigenvalue weighted by Gasteiger charge is -2.38. The van der Waals surface area contributed by atoms with E-state index in [4.69, 9.17) is 5.11 Å². The van der Waals surface area contributed by atoms with E-state index in [2.05, 4.69) is 13.8 Å². The van der Waals surface area contributed by atoms with Crippen LogP contribution in [0.25, 0.3) is 0 Å². The van der Waals surface area contributed by atoms with Gasteiger partial charge in [-0.1, -0.05) is 13.8 Å². The van der Waals surface area contributed by atoms with Gasteiger partial charge in [0.2, 0.25) is 0 Å². The molecular weight excluding hydrogens is 192 g/mol. The maximum Gasteiger partial charge on any atom is 0.320 e. The molecule has 15 heavy (non-hydrogen) atoms. The number of nitrogens with zero attached hydrogens (tertiary/aromatic N) is 2. The summed E-state index contributed by atoms with van der Waals surface area (Å²) in [5.41, 5.74) is 0.305. The molecule has 0 spiro atoms. The Labute approximate surface area is 90.9 Å². The predicted molar refractivity (Wildman–Crippen MR) is 57.6 cm³/mol. The molecule has 0 aliphatic carbocycles. The highest BCUT2D eigenvalue weighted by Gasteiger charge is 2.39. The van der Waals surface area contributed by atoms with Crippen molar-refractivity contribution in [3.63, 3.8) is 0 Å². The number of hydrogen-bond acceptors (Lipinski definition) is 2. The van der Waals surface area contributed by atoms with Crippen molar-refractivity contribution in [3.8, 4) is 0 Å². The molecule has 0 aromatic heterocycles. The molecule has 4 nitrogen and oxygen atoms in total. The van der Waals surface area contributed by atoms with Crippen LogP contribution in [0.15, 0.2) is 0 Å². The smallest absolute Gasteiger partial charge is 0.320 e. The van der Waals surface area contributed by atoms with Gasteiger partial charge in [0.25, 0.3) is 0 Å². The normalized spacial score (nSPS) is 31.9. The third kappa shape index (κ3) is 1.95. The highest BCUT2D eigenvalue weighted by Crippen LogP contribution is 2.33. The zero-order valence-electron chi connectivity index (χ0n) is 9.57. The van der Waals surface area contributed by atoms with Crippen molar-refractivity contribution in [1.82, 2.24) is 9.80 Å². The summed E-state index contributed by atoms with van der Waals surface area (Å²) in [6, 6.07) is 0.109. The molecule has 2 rings (SSSR count). The Balaban J connectivity index is 1.88. The molecule has 0 aromatic rings. The van der Waals surface area contributed by atoms with Crippen LogP contribution in [0.5, 0.6) is 0 Å². The van der Waals surface area contributed by atoms with Gasteiger partial charge in [-0.2, -0.15) is 0 Å². The summed E-state index contributed by atoms with van der Waals surface area (Å²) in [4.78, 5) is 15.6. The molecule has 2 aliphatic rings. The number of urea groups is 1. The Bertz CT molecular complexity index is 263. The van der Waals surface area contributed by atoms with E-state index >= 15 is 0 Å². The first-order valence-electron chi connectivity index (χ1n) is 5.76. The van der Waals surface area contributed by atoms with Crippen molar-refractivity contribution in [2.45, 2.75) is 32.8 Å². The van der Waals surface area contributed by atoms with Gasteiger partial charge >= 0.3 is 6.03 Å². The van der Waals surface area contributed by atoms with Crippen LogP contribution in [-0.4, -0.2) is 53.2 Å². The van der Waals surface area contributed by atoms with Crippen molar-refractivity contribution in [2.75, 3.05) is 26.2 Å². The van der Waals surface area contributed by atoms with Gasteiger partial charge < -0.3 is 14.9 Å². The van der Waals surface area contributed by atoms with Crippen molar-refractivity contribution >= 4 is 6.03 Å². The molecule has 2 saturated heterocycles. The van der Waals surface area contributed by atoms with Crippen molar-refractivity contribution in [1.29, 1.82) is 0 Å². The summed E-state index contributed by atoms with van der Waals surface area (Å²) < 4.78 is 0. The predicted octanol–water partition coefficient (Wildman–Crippen LogP) is 0.905. The van der Waals surface area contributed by atoms with Gasteiger partial charge in [-0.15, -0.1) is 0 Å². The quantitative estimate of drug-likeness (QED) is 0.702. The van der Waals surface area contributed by atoms with Crippen LogP contribution in [0.2, 0.25) is 0 Å². The topological polar surface area (TPSA) is 43.8 Å². The molecule has 4 heteroatoms. The molecule has 2 amide bonds. The lowest BCUT2D eigenvalue weighted by atomic mass is 9.87. The molecule has 0 saturated carbocycles. The number of aliphatic hydroxyl groups is 1. The van der Waals surface area contributed by atoms with Gasteiger partial charge in [-0.3, -0.25) is 0 Å². The second-order valence-electron chi connectivity index (χ2n) is 5.18. The molecule has 0 radical (unpaired) electrons. The van der Waals surface area contributed by atoms with E-state index in [1.807, 2.05) is 4.90 Å². The van der Waals surface area contributed by atoms with E-state index in [1.54, 1.807) is 4.90 Å². The van der Waals surface area contributed by atoms with E-state index < -0.39 is 0 Å². The monoisotopic (exact) mass is 212 g/mol. The summed E-state index contributed by atoms with van der Waals surface area (Å²) in [5.74, 6) is 0. The standard InChI is InChI=1S/C11H20N2O2/c1-3-11(2)4-5-12(8-11)10(15)13-6-9(14)7-13/h9,14H,3-8H2,1-2H3/t11-/m1/s1. The van der Waals surface area contributed by atoms with E-state index in [9.17, 15) is 4.79 Å². The lowest BCUT2D eigenvalue weighted by molar-refractivity contribution is 0.0161. The Morgan fingerprint density at radius 3 is 2.60 bits per heavy atom. The Hall–Kier alpha value is -0.770. The van der Waals surface area contributed by atoms with Crippen molar-refractivity contribution in [2.24, 2.45) is 5.41 Å². The van der Waals surface area contributed by atoms with Crippen LogP contribution < -0.4 is 0 Å². The van der Waals surface area contributed by atoms with E-state index in [1.165, 1.54) is 0 Å². The summed E-state index contributed by atoms with van der Waals surface area (Å²) in [6.07, 6.45) is 1.93. The number of carbonyl (C=O) groups excluding carboxylic acids is 1. The second-order valence-corrected chi connectivity index (χ2v) is 5.18. The molecule has 0 aromatic carbocycles. The van der Waals surface area contributed by atoms with Gasteiger partial charge in [0, 0.05) is 13.1 Å². The van der Waals surface area contributed by atoms with Crippen LogP contribution in [0.3, 0.4) is 0 Å². The zero-order valence-corrected chi connectivity index (χ0v) is 9.57. The van der Waals surface area contributed by atoms with Gasteiger partial charge in [-0.25, -0.2) is 4.79 Å². The third-order valence-corrected chi connectivity index (χ3v) is 3.81. The fourth-order valence-electron chi connectivity index (χ4n) is 2.29. The number of aliphatic hydroxyl groups excluding tert-OH is 1. The Morgan fingerprint density at radius 1 is 1.47 bits per heavy atom. The van der Waals surface area contributed by atoms with Crippen LogP contribution >= 0.6 is 0 Å². The van der Waals surface area contributed by atoms with Crippen molar-refractivity contribution in [3.05, 3.63) is 0 Å². The molecule has 86 valence electrons. The first-order valence-corrected chi connectivity index (χ1v) is 5.76. The molecule has 2 aliphatic heterocycles. The minimum absolute atomic E-state index is 0.109. The number of β-amino-alcohol motifs (C(OH)–C–C–N with tert-alkyl or cyclic N) is 1. The summed E-state index contributed by atoms with van der Waals surface area (Å²) in [6.45, 7) is 7.19. The minimum atomic E-state index is -0.297. The summed E-state index contributed by atoms with van der Waals surface area (Å²) in [7, 11) is 0. The van der Waals surface area contributed by atoms with Crippen LogP contribution in [0.4, 0.5) is 4.79 Å². The molecule has 2 fully saturated rings. The lowest BCUT2D eigenvalue weighted by Crippen LogP contribution is -2.57. The molecule has 2 heterocycles. The molecular formula is C11H20N2O2. The number of hydrogen-bond donors (Lipinski definition) is 1. The van der Waals surface area contributed by atoms with Gasteiger partial charge in [0.05, 0.1) is 19.2 Å². The fourth-order valence-corrected chi connectivity index (χ4v) is 2.29. The van der Waals surface area contributed by atoms with Gasteiger partial charge in [0.1, 0.15) is 0 Å². The maximum atomic E-state index is 11.9. The first kappa shape index (κ1) is 10.7. The average Bonchev–Trinajstić information content (AvgIpc) is 2.56. The zero-order chi connectivity index (χ0) is 11.1. The molecule has 1 N–H and O–H groups in total. The maximum absolute atomic E-state index is 11.9. The fraction of sp³-hybridized carbons (Fsp3) is 0.909. The van der Waals surface area contributed by atoms with Crippen molar-refractivity contribution < 1.29 is 9.90 Å².